The smallest absolute Gasteiger partial charge is 0.0530 e. The molecule has 0 unspecified atom stereocenters. The highest BCUT2D eigenvalue weighted by Gasteiger charge is 2.32. The highest BCUT2D eigenvalue weighted by Crippen LogP contribution is 2.39. The Labute approximate surface area is 93.3 Å². The molecule has 0 aromatic carbocycles. The first kappa shape index (κ1) is 12.1. The maximum absolute atomic E-state index is 5.71. The van der Waals surface area contributed by atoms with Gasteiger partial charge < -0.3 is 4.74 Å². The summed E-state index contributed by atoms with van der Waals surface area (Å²) in [5.74, 6) is 0.972. The minimum Gasteiger partial charge on any atom is -0.381 e. The molecule has 1 aliphatic carbocycles. The molecule has 0 aliphatic heterocycles. The van der Waals surface area contributed by atoms with Crippen LogP contribution in [0.25, 0.3) is 0 Å². The summed E-state index contributed by atoms with van der Waals surface area (Å²) < 4.78 is 5.71. The number of ether oxygens (including phenoxy) is 1. The molecular formula is C12H22OS. The molecule has 0 saturated heterocycles. The van der Waals surface area contributed by atoms with Gasteiger partial charge in [0.25, 0.3) is 0 Å². The highest BCUT2D eigenvalue weighted by molar-refractivity contribution is 7.80. The van der Waals surface area contributed by atoms with Gasteiger partial charge in [0.15, 0.2) is 0 Å². The molecule has 0 atom stereocenters. The van der Waals surface area contributed by atoms with E-state index < -0.39 is 0 Å². The van der Waals surface area contributed by atoms with Crippen LogP contribution >= 0.6 is 12.6 Å². The van der Waals surface area contributed by atoms with E-state index in [1.54, 1.807) is 0 Å². The van der Waals surface area contributed by atoms with Crippen molar-refractivity contribution in [3.63, 3.8) is 0 Å². The van der Waals surface area contributed by atoms with E-state index in [1.807, 2.05) is 6.92 Å². The van der Waals surface area contributed by atoms with Gasteiger partial charge in [0.1, 0.15) is 0 Å². The molecule has 1 fully saturated rings. The zero-order chi connectivity index (χ0) is 10.4. The Morgan fingerprint density at radius 3 is 2.57 bits per heavy atom. The van der Waals surface area contributed by atoms with E-state index in [0.29, 0.717) is 5.41 Å². The van der Waals surface area contributed by atoms with Gasteiger partial charge in [-0.3, -0.25) is 0 Å². The van der Waals surface area contributed by atoms with Crippen molar-refractivity contribution >= 4 is 12.6 Å². The minimum absolute atomic E-state index is 0.387. The van der Waals surface area contributed by atoms with Gasteiger partial charge in [0.2, 0.25) is 0 Å². The second kappa shape index (κ2) is 5.82. The van der Waals surface area contributed by atoms with Gasteiger partial charge in [-0.2, -0.15) is 12.6 Å². The summed E-state index contributed by atoms with van der Waals surface area (Å²) in [5.41, 5.74) is 1.59. The van der Waals surface area contributed by atoms with Gasteiger partial charge in [0, 0.05) is 5.41 Å². The van der Waals surface area contributed by atoms with Crippen molar-refractivity contribution in [1.82, 2.24) is 0 Å². The van der Waals surface area contributed by atoms with Crippen LogP contribution in [0.3, 0.4) is 0 Å². The number of rotatable bonds is 6. The molecule has 0 aromatic rings. The fourth-order valence-electron chi connectivity index (χ4n) is 2.01. The molecule has 0 heterocycles. The Kier molecular flexibility index (Phi) is 5.04. The van der Waals surface area contributed by atoms with Crippen molar-refractivity contribution in [1.29, 1.82) is 0 Å². The van der Waals surface area contributed by atoms with Crippen molar-refractivity contribution < 1.29 is 4.74 Å². The molecule has 0 bridgehead atoms. The maximum Gasteiger partial charge on any atom is 0.0530 e. The maximum atomic E-state index is 5.71. The number of hydrogen-bond donors (Lipinski definition) is 1. The molecule has 1 aliphatic rings. The van der Waals surface area contributed by atoms with Crippen LogP contribution in [-0.2, 0) is 4.74 Å². The SMILES string of the molecule is C=C(C)CCOCC1(CS)CCCC1. The Morgan fingerprint density at radius 1 is 1.43 bits per heavy atom. The van der Waals surface area contributed by atoms with Crippen LogP contribution in [0.5, 0.6) is 0 Å². The molecule has 1 nitrogen and oxygen atoms in total. The Balaban J connectivity index is 2.18. The van der Waals surface area contributed by atoms with Crippen LogP contribution in [0.4, 0.5) is 0 Å². The first-order valence-corrected chi connectivity index (χ1v) is 6.15. The zero-order valence-corrected chi connectivity index (χ0v) is 10.1. The second-order valence-corrected chi connectivity index (χ2v) is 4.94. The minimum atomic E-state index is 0.387. The van der Waals surface area contributed by atoms with E-state index in [-0.39, 0.29) is 0 Å². The van der Waals surface area contributed by atoms with Crippen LogP contribution in [0.1, 0.15) is 39.0 Å². The van der Waals surface area contributed by atoms with Crippen LogP contribution in [0.15, 0.2) is 12.2 Å². The third kappa shape index (κ3) is 3.66. The predicted molar refractivity (Wildman–Crippen MR) is 65.0 cm³/mol. The van der Waals surface area contributed by atoms with E-state index >= 15 is 0 Å². The largest absolute Gasteiger partial charge is 0.381 e. The number of thiol groups is 1. The van der Waals surface area contributed by atoms with E-state index in [4.69, 9.17) is 4.74 Å². The van der Waals surface area contributed by atoms with E-state index in [1.165, 1.54) is 31.3 Å². The highest BCUT2D eigenvalue weighted by atomic mass is 32.1. The van der Waals surface area contributed by atoms with Gasteiger partial charge in [0.05, 0.1) is 13.2 Å². The Morgan fingerprint density at radius 2 is 2.07 bits per heavy atom. The molecule has 0 aromatic heterocycles. The Bertz CT molecular complexity index is 183. The monoisotopic (exact) mass is 214 g/mol. The lowest BCUT2D eigenvalue weighted by Crippen LogP contribution is -2.25. The fraction of sp³-hybridized carbons (Fsp3) is 0.833. The van der Waals surface area contributed by atoms with Crippen molar-refractivity contribution in [3.8, 4) is 0 Å². The summed E-state index contributed by atoms with van der Waals surface area (Å²) in [5, 5.41) is 0. The first-order chi connectivity index (χ1) is 6.68. The summed E-state index contributed by atoms with van der Waals surface area (Å²) in [6, 6.07) is 0. The summed E-state index contributed by atoms with van der Waals surface area (Å²) in [7, 11) is 0. The predicted octanol–water partition coefficient (Wildman–Crippen LogP) is 3.46. The molecule has 14 heavy (non-hydrogen) atoms. The molecule has 0 radical (unpaired) electrons. The van der Waals surface area contributed by atoms with Gasteiger partial charge in [-0.1, -0.05) is 18.4 Å². The topological polar surface area (TPSA) is 9.23 Å². The first-order valence-electron chi connectivity index (χ1n) is 5.51. The molecule has 82 valence electrons. The molecule has 0 amide bonds. The van der Waals surface area contributed by atoms with Crippen LogP contribution in [-0.4, -0.2) is 19.0 Å². The van der Waals surface area contributed by atoms with Gasteiger partial charge in [-0.05, 0) is 31.9 Å². The lowest BCUT2D eigenvalue weighted by molar-refractivity contribution is 0.0610. The van der Waals surface area contributed by atoms with E-state index in [0.717, 1.165) is 25.4 Å². The number of hydrogen-bond acceptors (Lipinski definition) is 2. The lowest BCUT2D eigenvalue weighted by atomic mass is 9.90. The van der Waals surface area contributed by atoms with Gasteiger partial charge in [-0.25, -0.2) is 0 Å². The molecule has 0 spiro atoms. The standard InChI is InChI=1S/C12H22OS/c1-11(2)5-8-13-9-12(10-14)6-3-4-7-12/h14H,1,3-10H2,2H3. The van der Waals surface area contributed by atoms with Gasteiger partial charge >= 0.3 is 0 Å². The molecule has 2 heteroatoms. The van der Waals surface area contributed by atoms with Crippen molar-refractivity contribution in [2.24, 2.45) is 5.41 Å². The third-order valence-corrected chi connectivity index (χ3v) is 3.75. The molecular weight excluding hydrogens is 192 g/mol. The Hall–Kier alpha value is 0.0500. The second-order valence-electron chi connectivity index (χ2n) is 4.62. The van der Waals surface area contributed by atoms with Crippen molar-refractivity contribution in [3.05, 3.63) is 12.2 Å². The summed E-state index contributed by atoms with van der Waals surface area (Å²) >= 11 is 4.45. The summed E-state index contributed by atoms with van der Waals surface area (Å²) in [6.45, 7) is 7.63. The lowest BCUT2D eigenvalue weighted by Gasteiger charge is -2.26. The van der Waals surface area contributed by atoms with Crippen molar-refractivity contribution in [2.75, 3.05) is 19.0 Å². The van der Waals surface area contributed by atoms with Crippen LogP contribution < -0.4 is 0 Å². The molecule has 0 N–H and O–H groups in total. The van der Waals surface area contributed by atoms with Crippen molar-refractivity contribution in [2.45, 2.75) is 39.0 Å². The van der Waals surface area contributed by atoms with E-state index in [9.17, 15) is 0 Å². The van der Waals surface area contributed by atoms with Gasteiger partial charge in [-0.15, -0.1) is 6.58 Å². The normalized spacial score (nSPS) is 19.9. The van der Waals surface area contributed by atoms with Crippen LogP contribution in [0, 0.1) is 5.41 Å². The quantitative estimate of drug-likeness (QED) is 0.405. The summed E-state index contributed by atoms with van der Waals surface area (Å²) in [6.07, 6.45) is 6.28. The summed E-state index contributed by atoms with van der Waals surface area (Å²) in [4.78, 5) is 0. The molecule has 1 saturated carbocycles. The van der Waals surface area contributed by atoms with Crippen LogP contribution in [0.2, 0.25) is 0 Å². The zero-order valence-electron chi connectivity index (χ0n) is 9.22. The fourth-order valence-corrected chi connectivity index (χ4v) is 2.42. The third-order valence-electron chi connectivity index (χ3n) is 3.08. The average molecular weight is 214 g/mol. The molecule has 1 rings (SSSR count). The van der Waals surface area contributed by atoms with E-state index in [2.05, 4.69) is 19.2 Å². The average Bonchev–Trinajstić information content (AvgIpc) is 2.62.